The molecule has 2 rings (SSSR count). The van der Waals surface area contributed by atoms with Crippen LogP contribution >= 0.6 is 0 Å². The maximum absolute atomic E-state index is 11.4. The molecule has 0 bridgehead atoms. The fourth-order valence-corrected chi connectivity index (χ4v) is 2.21. The minimum Gasteiger partial charge on any atom is -0.478 e. The first-order valence-corrected chi connectivity index (χ1v) is 6.63. The first-order chi connectivity index (χ1) is 9.63. The van der Waals surface area contributed by atoms with Crippen LogP contribution in [0.2, 0.25) is 0 Å². The number of carbonyl (C=O) groups is 1. The predicted molar refractivity (Wildman–Crippen MR) is 79.0 cm³/mol. The highest BCUT2D eigenvalue weighted by Gasteiger charge is 2.17. The second kappa shape index (κ2) is 6.19. The summed E-state index contributed by atoms with van der Waals surface area (Å²) in [6.45, 7) is 3.83. The summed E-state index contributed by atoms with van der Waals surface area (Å²) in [6, 6.07) is 11.7. The number of aromatic nitrogens is 1. The molecular formula is C16H18N2O2. The summed E-state index contributed by atoms with van der Waals surface area (Å²) in [5.74, 6) is -0.533. The molecule has 0 radical (unpaired) electrons. The highest BCUT2D eigenvalue weighted by atomic mass is 16.4. The highest BCUT2D eigenvalue weighted by Crippen LogP contribution is 2.24. The molecule has 4 nitrogen and oxygen atoms in total. The largest absolute Gasteiger partial charge is 0.478 e. The Morgan fingerprint density at radius 2 is 2.00 bits per heavy atom. The number of aromatic carboxylic acids is 1. The van der Waals surface area contributed by atoms with E-state index in [1.54, 1.807) is 19.2 Å². The van der Waals surface area contributed by atoms with Crippen LogP contribution in [0.5, 0.6) is 0 Å². The van der Waals surface area contributed by atoms with E-state index in [0.29, 0.717) is 11.4 Å². The zero-order valence-corrected chi connectivity index (χ0v) is 11.6. The molecule has 1 atom stereocenters. The monoisotopic (exact) mass is 270 g/mol. The molecule has 1 unspecified atom stereocenters. The first-order valence-electron chi connectivity index (χ1n) is 6.63. The molecular weight excluding hydrogens is 252 g/mol. The van der Waals surface area contributed by atoms with Crippen LogP contribution in [0.3, 0.4) is 0 Å². The molecule has 4 heteroatoms. The van der Waals surface area contributed by atoms with Gasteiger partial charge < -0.3 is 10.4 Å². The average Bonchev–Trinajstić information content (AvgIpc) is 2.45. The van der Waals surface area contributed by atoms with Gasteiger partial charge in [0.15, 0.2) is 0 Å². The van der Waals surface area contributed by atoms with Crippen molar-refractivity contribution in [2.75, 3.05) is 5.32 Å². The second-order valence-electron chi connectivity index (χ2n) is 4.67. The second-order valence-corrected chi connectivity index (χ2v) is 4.67. The van der Waals surface area contributed by atoms with Crippen LogP contribution in [0.1, 0.15) is 40.9 Å². The van der Waals surface area contributed by atoms with Crippen molar-refractivity contribution < 1.29 is 9.90 Å². The highest BCUT2D eigenvalue weighted by molar-refractivity contribution is 5.94. The summed E-state index contributed by atoms with van der Waals surface area (Å²) in [4.78, 5) is 15.6. The Bertz CT molecular complexity index is 597. The van der Waals surface area contributed by atoms with Gasteiger partial charge in [0, 0.05) is 6.20 Å². The summed E-state index contributed by atoms with van der Waals surface area (Å²) in [7, 11) is 0. The van der Waals surface area contributed by atoms with Gasteiger partial charge in [-0.15, -0.1) is 0 Å². The lowest BCUT2D eigenvalue weighted by Crippen LogP contribution is -2.15. The lowest BCUT2D eigenvalue weighted by molar-refractivity contribution is 0.0696. The number of hydrogen-bond donors (Lipinski definition) is 2. The molecule has 0 amide bonds. The van der Waals surface area contributed by atoms with Gasteiger partial charge in [0.1, 0.15) is 11.4 Å². The zero-order chi connectivity index (χ0) is 14.5. The molecule has 0 saturated carbocycles. The van der Waals surface area contributed by atoms with Crippen molar-refractivity contribution >= 4 is 11.8 Å². The number of nitrogens with one attached hydrogen (secondary N) is 1. The van der Waals surface area contributed by atoms with Gasteiger partial charge in [-0.1, -0.05) is 37.3 Å². The van der Waals surface area contributed by atoms with Crippen molar-refractivity contribution in [2.45, 2.75) is 26.3 Å². The Hall–Kier alpha value is -2.36. The lowest BCUT2D eigenvalue weighted by Gasteiger charge is -2.19. The van der Waals surface area contributed by atoms with Crippen molar-refractivity contribution in [3.05, 3.63) is 59.3 Å². The molecule has 0 aliphatic heterocycles. The smallest absolute Gasteiger partial charge is 0.339 e. The molecule has 1 heterocycles. The van der Waals surface area contributed by atoms with E-state index in [4.69, 9.17) is 0 Å². The molecule has 104 valence electrons. The summed E-state index contributed by atoms with van der Waals surface area (Å²) in [6.07, 6.45) is 2.47. The zero-order valence-electron chi connectivity index (χ0n) is 11.6. The van der Waals surface area contributed by atoms with Gasteiger partial charge in [-0.3, -0.25) is 0 Å². The molecule has 0 aliphatic rings. The number of hydrogen-bond acceptors (Lipinski definition) is 3. The summed E-state index contributed by atoms with van der Waals surface area (Å²) in [5, 5.41) is 12.6. The van der Waals surface area contributed by atoms with Gasteiger partial charge in [-0.05, 0) is 30.5 Å². The van der Waals surface area contributed by atoms with Crippen LogP contribution in [0.25, 0.3) is 0 Å². The Morgan fingerprint density at radius 1 is 1.30 bits per heavy atom. The fourth-order valence-electron chi connectivity index (χ4n) is 2.21. The SMILES string of the molecule is CCC(Nc1nccc(C)c1C(=O)O)c1ccccc1. The van der Waals surface area contributed by atoms with E-state index < -0.39 is 5.97 Å². The van der Waals surface area contributed by atoms with Gasteiger partial charge in [0.2, 0.25) is 0 Å². The maximum Gasteiger partial charge on any atom is 0.339 e. The molecule has 0 spiro atoms. The third-order valence-corrected chi connectivity index (χ3v) is 3.29. The minimum atomic E-state index is -0.957. The Labute approximate surface area is 118 Å². The fraction of sp³-hybridized carbons (Fsp3) is 0.250. The van der Waals surface area contributed by atoms with Gasteiger partial charge in [-0.25, -0.2) is 9.78 Å². The summed E-state index contributed by atoms with van der Waals surface area (Å²) < 4.78 is 0. The van der Waals surface area contributed by atoms with E-state index in [2.05, 4.69) is 17.2 Å². The van der Waals surface area contributed by atoms with Gasteiger partial charge in [0.05, 0.1) is 6.04 Å². The molecule has 0 aliphatic carbocycles. The Balaban J connectivity index is 2.33. The minimum absolute atomic E-state index is 0.0450. The van der Waals surface area contributed by atoms with Crippen molar-refractivity contribution in [3.63, 3.8) is 0 Å². The molecule has 1 aromatic heterocycles. The van der Waals surface area contributed by atoms with E-state index in [0.717, 1.165) is 12.0 Å². The van der Waals surface area contributed by atoms with E-state index in [9.17, 15) is 9.90 Å². The van der Waals surface area contributed by atoms with Crippen molar-refractivity contribution in [1.82, 2.24) is 4.98 Å². The third kappa shape index (κ3) is 2.96. The molecule has 20 heavy (non-hydrogen) atoms. The van der Waals surface area contributed by atoms with Crippen molar-refractivity contribution in [3.8, 4) is 0 Å². The van der Waals surface area contributed by atoms with Crippen LogP contribution < -0.4 is 5.32 Å². The first kappa shape index (κ1) is 14.1. The average molecular weight is 270 g/mol. The molecule has 1 aromatic carbocycles. The van der Waals surface area contributed by atoms with E-state index in [1.807, 2.05) is 30.3 Å². The van der Waals surface area contributed by atoms with Crippen molar-refractivity contribution in [2.24, 2.45) is 0 Å². The standard InChI is InChI=1S/C16H18N2O2/c1-3-13(12-7-5-4-6-8-12)18-15-14(16(19)20)11(2)9-10-17-15/h4-10,13H,3H2,1-2H3,(H,17,18)(H,19,20). The normalized spacial score (nSPS) is 11.9. The number of rotatable bonds is 5. The topological polar surface area (TPSA) is 62.2 Å². The summed E-state index contributed by atoms with van der Waals surface area (Å²) in [5.41, 5.74) is 2.06. The Kier molecular flexibility index (Phi) is 4.35. The van der Waals surface area contributed by atoms with Crippen LogP contribution in [-0.4, -0.2) is 16.1 Å². The molecule has 0 saturated heterocycles. The van der Waals surface area contributed by atoms with Crippen LogP contribution in [-0.2, 0) is 0 Å². The number of pyridine rings is 1. The molecule has 2 aromatic rings. The summed E-state index contributed by atoms with van der Waals surface area (Å²) >= 11 is 0. The van der Waals surface area contributed by atoms with Gasteiger partial charge >= 0.3 is 5.97 Å². The quantitative estimate of drug-likeness (QED) is 0.870. The van der Waals surface area contributed by atoms with Crippen LogP contribution in [0, 0.1) is 6.92 Å². The van der Waals surface area contributed by atoms with Gasteiger partial charge in [-0.2, -0.15) is 0 Å². The number of anilines is 1. The van der Waals surface area contributed by atoms with Crippen LogP contribution in [0.4, 0.5) is 5.82 Å². The van der Waals surface area contributed by atoms with Crippen LogP contribution in [0.15, 0.2) is 42.6 Å². The lowest BCUT2D eigenvalue weighted by atomic mass is 10.0. The van der Waals surface area contributed by atoms with E-state index >= 15 is 0 Å². The van der Waals surface area contributed by atoms with E-state index in [1.165, 1.54) is 0 Å². The third-order valence-electron chi connectivity index (χ3n) is 3.29. The van der Waals surface area contributed by atoms with E-state index in [-0.39, 0.29) is 11.6 Å². The number of carboxylic acid groups (broad SMARTS) is 1. The number of carboxylic acids is 1. The number of nitrogens with zero attached hydrogens (tertiary/aromatic N) is 1. The Morgan fingerprint density at radius 3 is 2.60 bits per heavy atom. The predicted octanol–water partition coefficient (Wildman–Crippen LogP) is 3.65. The number of aryl methyl sites for hydroxylation is 1. The number of benzene rings is 1. The molecule has 2 N–H and O–H groups in total. The van der Waals surface area contributed by atoms with Crippen molar-refractivity contribution in [1.29, 1.82) is 0 Å². The van der Waals surface area contributed by atoms with Gasteiger partial charge in [0.25, 0.3) is 0 Å². The molecule has 0 fully saturated rings. The maximum atomic E-state index is 11.4.